The van der Waals surface area contributed by atoms with Gasteiger partial charge in [0.2, 0.25) is 5.76 Å². The molecule has 0 radical (unpaired) electrons. The topological polar surface area (TPSA) is 77.2 Å². The Labute approximate surface area is 174 Å². The van der Waals surface area contributed by atoms with Crippen LogP contribution in [0.15, 0.2) is 47.1 Å². The highest BCUT2D eigenvalue weighted by Crippen LogP contribution is 2.44. The van der Waals surface area contributed by atoms with Crippen LogP contribution in [0.4, 0.5) is 17.6 Å². The van der Waals surface area contributed by atoms with Gasteiger partial charge in [0.25, 0.3) is 5.91 Å². The van der Waals surface area contributed by atoms with Crippen LogP contribution in [0.2, 0.25) is 0 Å². The number of halogens is 4. The summed E-state index contributed by atoms with van der Waals surface area (Å²) in [6.07, 6.45) is -3.47. The van der Waals surface area contributed by atoms with Gasteiger partial charge in [0.05, 0.1) is 18.5 Å². The molecule has 31 heavy (non-hydrogen) atoms. The number of hydrogen-bond donors (Lipinski definition) is 1. The summed E-state index contributed by atoms with van der Waals surface area (Å²) in [5, 5.41) is 5.59. The first-order chi connectivity index (χ1) is 14.7. The van der Waals surface area contributed by atoms with E-state index in [0.29, 0.717) is 23.5 Å². The van der Waals surface area contributed by atoms with E-state index < -0.39 is 30.4 Å². The molecule has 0 spiro atoms. The van der Waals surface area contributed by atoms with E-state index in [0.717, 1.165) is 0 Å². The third kappa shape index (κ3) is 4.23. The number of pyridine rings is 1. The van der Waals surface area contributed by atoms with Crippen molar-refractivity contribution in [2.24, 2.45) is 0 Å². The molecule has 2 atom stereocenters. The first-order valence-electron chi connectivity index (χ1n) is 9.43. The van der Waals surface area contributed by atoms with Gasteiger partial charge < -0.3 is 14.6 Å². The normalized spacial score (nSPS) is 16.5. The van der Waals surface area contributed by atoms with Gasteiger partial charge in [-0.15, -0.1) is 0 Å². The van der Waals surface area contributed by atoms with E-state index in [1.165, 1.54) is 42.6 Å². The second-order valence-electron chi connectivity index (χ2n) is 7.21. The minimum atomic E-state index is -4.68. The molecule has 0 bridgehead atoms. The fourth-order valence-electron chi connectivity index (χ4n) is 3.37. The highest BCUT2D eigenvalue weighted by atomic mass is 19.4. The maximum absolute atomic E-state index is 13.9. The first kappa shape index (κ1) is 20.8. The van der Waals surface area contributed by atoms with Gasteiger partial charge in [0, 0.05) is 29.7 Å². The molecule has 4 rings (SSSR count). The van der Waals surface area contributed by atoms with Gasteiger partial charge in [-0.3, -0.25) is 4.79 Å². The summed E-state index contributed by atoms with van der Waals surface area (Å²) in [4.78, 5) is 16.3. The highest BCUT2D eigenvalue weighted by Gasteiger charge is 2.43. The van der Waals surface area contributed by atoms with E-state index in [1.807, 2.05) is 6.92 Å². The molecule has 10 heteroatoms. The van der Waals surface area contributed by atoms with E-state index in [2.05, 4.69) is 20.0 Å². The summed E-state index contributed by atoms with van der Waals surface area (Å²) >= 11 is 0. The van der Waals surface area contributed by atoms with Gasteiger partial charge in [-0.25, -0.2) is 9.37 Å². The largest absolute Gasteiger partial charge is 0.490 e. The van der Waals surface area contributed by atoms with Crippen molar-refractivity contribution in [3.05, 3.63) is 65.4 Å². The number of hydrogen-bond acceptors (Lipinski definition) is 5. The Kier molecular flexibility index (Phi) is 5.38. The molecule has 162 valence electrons. The number of alkyl halides is 3. The Hall–Kier alpha value is -3.43. The van der Waals surface area contributed by atoms with Crippen LogP contribution in [0.5, 0.6) is 5.75 Å². The maximum Gasteiger partial charge on any atom is 0.398 e. The number of fused-ring (bicyclic) bond motifs is 1. The van der Waals surface area contributed by atoms with E-state index in [9.17, 15) is 22.4 Å². The van der Waals surface area contributed by atoms with Crippen LogP contribution in [-0.4, -0.2) is 35.4 Å². The number of carbonyl (C=O) groups is 1. The average Bonchev–Trinajstić information content (AvgIpc) is 3.38. The summed E-state index contributed by atoms with van der Waals surface area (Å²) in [7, 11) is 0. The molecule has 6 nitrogen and oxygen atoms in total. The number of ether oxygens (including phenoxy) is 1. The van der Waals surface area contributed by atoms with Crippen molar-refractivity contribution >= 4 is 5.91 Å². The molecule has 3 aromatic rings. The van der Waals surface area contributed by atoms with Gasteiger partial charge in [0.1, 0.15) is 23.2 Å². The Morgan fingerprint density at radius 3 is 2.65 bits per heavy atom. The summed E-state index contributed by atoms with van der Waals surface area (Å²) in [6.45, 7) is 1.39. The molecule has 0 saturated carbocycles. The molecule has 2 unspecified atom stereocenters. The molecule has 0 saturated heterocycles. The average molecular weight is 435 g/mol. The molecule has 3 heterocycles. The molecule has 1 aromatic carbocycles. The van der Waals surface area contributed by atoms with Crippen LogP contribution in [0.25, 0.3) is 11.3 Å². The molecule has 1 amide bonds. The van der Waals surface area contributed by atoms with Crippen molar-refractivity contribution in [2.75, 3.05) is 13.2 Å². The van der Waals surface area contributed by atoms with Crippen LogP contribution >= 0.6 is 0 Å². The molecular formula is C21H17F4N3O3. The van der Waals surface area contributed by atoms with Crippen molar-refractivity contribution in [3.8, 4) is 17.0 Å². The highest BCUT2D eigenvalue weighted by molar-refractivity contribution is 5.91. The summed E-state index contributed by atoms with van der Waals surface area (Å²) in [5.74, 6) is -3.32. The number of carbonyl (C=O) groups excluding carboxylic acids is 1. The van der Waals surface area contributed by atoms with E-state index in [1.54, 1.807) is 0 Å². The Morgan fingerprint density at radius 1 is 1.26 bits per heavy atom. The predicted octanol–water partition coefficient (Wildman–Crippen LogP) is 4.45. The summed E-state index contributed by atoms with van der Waals surface area (Å²) < 4.78 is 65.5. The molecule has 1 N–H and O–H groups in total. The van der Waals surface area contributed by atoms with Crippen molar-refractivity contribution in [1.82, 2.24) is 15.5 Å². The SMILES string of the molecule is CC1COc2c1cc(C(CNC(=O)c1ccno1)C(F)(F)F)nc2-c1ccc(F)cc1. The van der Waals surface area contributed by atoms with Gasteiger partial charge in [-0.05, 0) is 30.3 Å². The number of aromatic nitrogens is 2. The Morgan fingerprint density at radius 2 is 2.00 bits per heavy atom. The van der Waals surface area contributed by atoms with E-state index in [-0.39, 0.29) is 23.1 Å². The standard InChI is InChI=1S/C21H17F4N3O3/c1-11-10-30-19-14(11)8-16(28-18(19)12-2-4-13(22)5-3-12)15(21(23,24)25)9-26-20(29)17-6-7-27-31-17/h2-8,11,15H,9-10H2,1H3,(H,26,29). The summed E-state index contributed by atoms with van der Waals surface area (Å²) in [5.41, 5.74) is 0.953. The van der Waals surface area contributed by atoms with Crippen LogP contribution < -0.4 is 10.1 Å². The zero-order valence-electron chi connectivity index (χ0n) is 16.2. The number of nitrogens with zero attached hydrogens (tertiary/aromatic N) is 2. The van der Waals surface area contributed by atoms with Crippen LogP contribution in [0, 0.1) is 5.82 Å². The number of nitrogens with one attached hydrogen (secondary N) is 1. The quantitative estimate of drug-likeness (QED) is 0.600. The van der Waals surface area contributed by atoms with Crippen molar-refractivity contribution in [3.63, 3.8) is 0 Å². The van der Waals surface area contributed by atoms with E-state index >= 15 is 0 Å². The van der Waals surface area contributed by atoms with Gasteiger partial charge in [-0.1, -0.05) is 12.1 Å². The second-order valence-corrected chi connectivity index (χ2v) is 7.21. The zero-order valence-corrected chi connectivity index (χ0v) is 16.2. The van der Waals surface area contributed by atoms with Gasteiger partial charge in [-0.2, -0.15) is 13.2 Å². The number of amides is 1. The number of rotatable bonds is 5. The minimum absolute atomic E-state index is 0.145. The monoisotopic (exact) mass is 435 g/mol. The molecular weight excluding hydrogens is 418 g/mol. The Bertz CT molecular complexity index is 1080. The fourth-order valence-corrected chi connectivity index (χ4v) is 3.37. The lowest BCUT2D eigenvalue weighted by Crippen LogP contribution is -2.35. The van der Waals surface area contributed by atoms with Gasteiger partial charge in [0.15, 0.2) is 0 Å². The lowest BCUT2D eigenvalue weighted by molar-refractivity contribution is -0.149. The van der Waals surface area contributed by atoms with E-state index in [4.69, 9.17) is 4.74 Å². The van der Waals surface area contributed by atoms with Crippen molar-refractivity contribution in [2.45, 2.75) is 24.9 Å². The molecule has 0 fully saturated rings. The van der Waals surface area contributed by atoms with Crippen LogP contribution in [0.1, 0.15) is 40.6 Å². The first-order valence-corrected chi connectivity index (χ1v) is 9.43. The third-order valence-corrected chi connectivity index (χ3v) is 5.03. The van der Waals surface area contributed by atoms with Gasteiger partial charge >= 0.3 is 6.18 Å². The second kappa shape index (κ2) is 8.01. The summed E-state index contributed by atoms with van der Waals surface area (Å²) in [6, 6.07) is 7.88. The molecule has 1 aliphatic heterocycles. The lowest BCUT2D eigenvalue weighted by atomic mass is 9.95. The van der Waals surface area contributed by atoms with Crippen molar-refractivity contribution in [1.29, 1.82) is 0 Å². The smallest absolute Gasteiger partial charge is 0.398 e. The lowest BCUT2D eigenvalue weighted by Gasteiger charge is -2.22. The third-order valence-electron chi connectivity index (χ3n) is 5.03. The van der Waals surface area contributed by atoms with Crippen LogP contribution in [0.3, 0.4) is 0 Å². The molecule has 2 aromatic heterocycles. The fraction of sp³-hybridized carbons (Fsp3) is 0.286. The minimum Gasteiger partial charge on any atom is -0.490 e. The van der Waals surface area contributed by atoms with Crippen LogP contribution in [-0.2, 0) is 0 Å². The molecule has 0 aliphatic carbocycles. The zero-order chi connectivity index (χ0) is 22.2. The maximum atomic E-state index is 13.9. The Balaban J connectivity index is 1.73. The van der Waals surface area contributed by atoms with Crippen molar-refractivity contribution < 1.29 is 31.6 Å². The molecule has 1 aliphatic rings. The predicted molar refractivity (Wildman–Crippen MR) is 101 cm³/mol. The number of benzene rings is 1.